The molecule has 0 saturated carbocycles. The number of halogens is 3. The monoisotopic (exact) mass is 373 g/mol. The molecule has 2 rings (SSSR count). The molecular formula is C16H18F3N3O4. The van der Waals surface area contributed by atoms with Gasteiger partial charge in [-0.1, -0.05) is 13.8 Å². The van der Waals surface area contributed by atoms with Crippen LogP contribution in [-0.2, 0) is 0 Å². The third kappa shape index (κ3) is 3.85. The summed E-state index contributed by atoms with van der Waals surface area (Å²) in [6.07, 6.45) is -5.14. The average molecular weight is 373 g/mol. The highest BCUT2D eigenvalue weighted by atomic mass is 19.4. The van der Waals surface area contributed by atoms with Crippen LogP contribution >= 0.6 is 0 Å². The Morgan fingerprint density at radius 3 is 2.42 bits per heavy atom. The molecule has 0 aromatic heterocycles. The van der Waals surface area contributed by atoms with Crippen LogP contribution in [0, 0.1) is 16.0 Å². The van der Waals surface area contributed by atoms with E-state index >= 15 is 0 Å². The summed E-state index contributed by atoms with van der Waals surface area (Å²) in [5, 5.41) is 24.5. The molecule has 10 heteroatoms. The predicted octanol–water partition coefficient (Wildman–Crippen LogP) is 3.48. The lowest BCUT2D eigenvalue weighted by atomic mass is 9.99. The number of nitrogens with zero attached hydrogens (tertiary/aromatic N) is 3. The Hall–Kier alpha value is -2.49. The van der Waals surface area contributed by atoms with Crippen LogP contribution < -0.4 is 0 Å². The van der Waals surface area contributed by atoms with Crippen molar-refractivity contribution in [2.75, 3.05) is 0 Å². The largest absolute Gasteiger partial charge is 0.438 e. The number of alkyl halides is 3. The lowest BCUT2D eigenvalue weighted by Crippen LogP contribution is -2.56. The van der Waals surface area contributed by atoms with Crippen molar-refractivity contribution in [3.05, 3.63) is 39.9 Å². The Balaban J connectivity index is 2.34. The van der Waals surface area contributed by atoms with Gasteiger partial charge >= 0.3 is 6.18 Å². The van der Waals surface area contributed by atoms with Crippen molar-refractivity contribution in [3.8, 4) is 0 Å². The fraction of sp³-hybridized carbons (Fsp3) is 0.500. The molecule has 1 aromatic carbocycles. The number of amides is 1. The van der Waals surface area contributed by atoms with Crippen LogP contribution in [0.1, 0.15) is 43.5 Å². The third-order valence-corrected chi connectivity index (χ3v) is 4.02. The molecule has 1 unspecified atom stereocenters. The first-order valence-corrected chi connectivity index (χ1v) is 7.90. The Bertz CT molecular complexity index is 731. The van der Waals surface area contributed by atoms with Crippen LogP contribution in [0.15, 0.2) is 29.4 Å². The standard InChI is InChI=1S/C16H18F3N3O4/c1-10(2)3-6-12-9-15(24,16(17,18)19)21(20-12)14(23)11-4-7-13(8-5-11)22(25)26/h4-5,7-8,10,24H,3,6,9H2,1-2H3. The van der Waals surface area contributed by atoms with Gasteiger partial charge in [-0.05, 0) is 30.9 Å². The SMILES string of the molecule is CC(C)CCC1=NN(C(=O)c2ccc([N+](=O)[O-])cc2)C(O)(C(F)(F)F)C1. The van der Waals surface area contributed by atoms with E-state index in [1.807, 2.05) is 13.8 Å². The summed E-state index contributed by atoms with van der Waals surface area (Å²) in [6, 6.07) is 4.05. The van der Waals surface area contributed by atoms with Crippen LogP contribution in [0.4, 0.5) is 18.9 Å². The molecule has 0 spiro atoms. The van der Waals surface area contributed by atoms with E-state index in [0.29, 0.717) is 6.42 Å². The fourth-order valence-electron chi connectivity index (χ4n) is 2.49. The second-order valence-electron chi connectivity index (χ2n) is 6.51. The molecule has 1 atom stereocenters. The van der Waals surface area contributed by atoms with E-state index in [-0.39, 0.29) is 34.3 Å². The van der Waals surface area contributed by atoms with Gasteiger partial charge in [-0.25, -0.2) is 0 Å². The van der Waals surface area contributed by atoms with Crippen molar-refractivity contribution in [1.82, 2.24) is 5.01 Å². The zero-order valence-electron chi connectivity index (χ0n) is 14.2. The topological polar surface area (TPSA) is 96.0 Å². The van der Waals surface area contributed by atoms with E-state index in [1.165, 1.54) is 0 Å². The minimum Gasteiger partial charge on any atom is -0.362 e. The van der Waals surface area contributed by atoms with E-state index in [9.17, 15) is 33.2 Å². The first-order chi connectivity index (χ1) is 12.0. The Morgan fingerprint density at radius 1 is 1.38 bits per heavy atom. The van der Waals surface area contributed by atoms with Crippen molar-refractivity contribution in [2.45, 2.75) is 45.0 Å². The van der Waals surface area contributed by atoms with E-state index in [2.05, 4.69) is 5.10 Å². The molecule has 0 bridgehead atoms. The van der Waals surface area contributed by atoms with Crippen molar-refractivity contribution in [2.24, 2.45) is 11.0 Å². The molecule has 1 aliphatic heterocycles. The molecule has 1 heterocycles. The quantitative estimate of drug-likeness (QED) is 0.631. The number of nitro benzene ring substituents is 1. The number of nitro groups is 1. The summed E-state index contributed by atoms with van der Waals surface area (Å²) < 4.78 is 40.2. The average Bonchev–Trinajstić information content (AvgIpc) is 2.90. The van der Waals surface area contributed by atoms with Gasteiger partial charge in [0.25, 0.3) is 17.3 Å². The highest BCUT2D eigenvalue weighted by molar-refractivity contribution is 5.98. The maximum atomic E-state index is 13.4. The highest BCUT2D eigenvalue weighted by Gasteiger charge is 2.63. The number of non-ortho nitro benzene ring substituents is 1. The molecule has 26 heavy (non-hydrogen) atoms. The summed E-state index contributed by atoms with van der Waals surface area (Å²) in [7, 11) is 0. The zero-order chi connectivity index (χ0) is 19.7. The maximum absolute atomic E-state index is 13.4. The normalized spacial score (nSPS) is 20.4. The minimum atomic E-state index is -5.10. The summed E-state index contributed by atoms with van der Waals surface area (Å²) >= 11 is 0. The number of hydrogen-bond acceptors (Lipinski definition) is 5. The Kier molecular flexibility index (Phi) is 5.36. The van der Waals surface area contributed by atoms with Gasteiger partial charge in [0.15, 0.2) is 0 Å². The lowest BCUT2D eigenvalue weighted by molar-refractivity contribution is -0.384. The highest BCUT2D eigenvalue weighted by Crippen LogP contribution is 2.41. The number of carbonyl (C=O) groups is 1. The molecule has 0 fully saturated rings. The number of aliphatic hydroxyl groups is 1. The molecule has 1 aromatic rings. The van der Waals surface area contributed by atoms with Crippen molar-refractivity contribution < 1.29 is 28.0 Å². The molecule has 0 saturated heterocycles. The van der Waals surface area contributed by atoms with Gasteiger partial charge in [-0.3, -0.25) is 14.9 Å². The Morgan fingerprint density at radius 2 is 1.96 bits per heavy atom. The zero-order valence-corrected chi connectivity index (χ0v) is 14.2. The van der Waals surface area contributed by atoms with E-state index in [0.717, 1.165) is 24.3 Å². The maximum Gasteiger partial charge on any atom is 0.438 e. The van der Waals surface area contributed by atoms with E-state index in [4.69, 9.17) is 0 Å². The van der Waals surface area contributed by atoms with E-state index < -0.39 is 29.2 Å². The van der Waals surface area contributed by atoms with Crippen LogP contribution in [0.25, 0.3) is 0 Å². The van der Waals surface area contributed by atoms with Crippen molar-refractivity contribution in [1.29, 1.82) is 0 Å². The molecule has 1 aliphatic rings. The van der Waals surface area contributed by atoms with Gasteiger partial charge < -0.3 is 5.11 Å². The second-order valence-corrected chi connectivity index (χ2v) is 6.51. The molecule has 1 N–H and O–H groups in total. The third-order valence-electron chi connectivity index (χ3n) is 4.02. The first kappa shape index (κ1) is 19.8. The summed E-state index contributed by atoms with van der Waals surface area (Å²) in [4.78, 5) is 22.4. The van der Waals surface area contributed by atoms with Gasteiger partial charge in [-0.2, -0.15) is 23.3 Å². The number of hydrogen-bond donors (Lipinski definition) is 1. The van der Waals surface area contributed by atoms with Crippen LogP contribution in [0.5, 0.6) is 0 Å². The smallest absolute Gasteiger partial charge is 0.362 e. The summed E-state index contributed by atoms with van der Waals surface area (Å²) in [5.41, 5.74) is -3.91. The fourth-order valence-corrected chi connectivity index (χ4v) is 2.49. The number of carbonyl (C=O) groups excluding carboxylic acids is 1. The summed E-state index contributed by atoms with van der Waals surface area (Å²) in [6.45, 7) is 3.79. The van der Waals surface area contributed by atoms with Gasteiger partial charge in [0.05, 0.1) is 4.92 Å². The lowest BCUT2D eigenvalue weighted by Gasteiger charge is -2.32. The summed E-state index contributed by atoms with van der Waals surface area (Å²) in [5.74, 6) is -0.963. The van der Waals surface area contributed by atoms with Crippen LogP contribution in [0.2, 0.25) is 0 Å². The number of hydrazone groups is 1. The Labute approximate surface area is 147 Å². The molecular weight excluding hydrogens is 355 g/mol. The minimum absolute atomic E-state index is 0.0316. The van der Waals surface area contributed by atoms with E-state index in [1.54, 1.807) is 0 Å². The predicted molar refractivity (Wildman–Crippen MR) is 86.4 cm³/mol. The second kappa shape index (κ2) is 7.02. The molecule has 142 valence electrons. The van der Waals surface area contributed by atoms with Gasteiger partial charge in [-0.15, -0.1) is 0 Å². The van der Waals surface area contributed by atoms with Crippen molar-refractivity contribution in [3.63, 3.8) is 0 Å². The van der Waals surface area contributed by atoms with Gasteiger partial charge in [0.2, 0.25) is 0 Å². The van der Waals surface area contributed by atoms with Crippen LogP contribution in [0.3, 0.4) is 0 Å². The first-order valence-electron chi connectivity index (χ1n) is 7.90. The molecule has 1 amide bonds. The van der Waals surface area contributed by atoms with Crippen molar-refractivity contribution >= 4 is 17.3 Å². The van der Waals surface area contributed by atoms with Crippen LogP contribution in [-0.4, -0.2) is 38.6 Å². The number of benzene rings is 1. The molecule has 0 radical (unpaired) electrons. The van der Waals surface area contributed by atoms with Gasteiger partial charge in [0.1, 0.15) is 0 Å². The number of rotatable bonds is 5. The molecule has 0 aliphatic carbocycles. The van der Waals surface area contributed by atoms with Gasteiger partial charge in [0, 0.05) is 29.8 Å². The molecule has 7 nitrogen and oxygen atoms in total.